The van der Waals surface area contributed by atoms with Crippen LogP contribution in [0.2, 0.25) is 0 Å². The van der Waals surface area contributed by atoms with Crippen LogP contribution in [0.3, 0.4) is 0 Å². The summed E-state index contributed by atoms with van der Waals surface area (Å²) in [6, 6.07) is 8.98. The van der Waals surface area contributed by atoms with Gasteiger partial charge in [0.2, 0.25) is 0 Å². The van der Waals surface area contributed by atoms with Crippen molar-refractivity contribution in [1.82, 2.24) is 19.7 Å². The van der Waals surface area contributed by atoms with Gasteiger partial charge in [0.1, 0.15) is 12.7 Å². The number of likely N-dealkylation sites (tertiary alicyclic amines) is 1. The molecule has 20 heavy (non-hydrogen) atoms. The highest BCUT2D eigenvalue weighted by molar-refractivity contribution is 5.51. The van der Waals surface area contributed by atoms with Crippen LogP contribution in [0.5, 0.6) is 0 Å². The van der Waals surface area contributed by atoms with Crippen LogP contribution in [0, 0.1) is 0 Å². The van der Waals surface area contributed by atoms with Crippen molar-refractivity contribution < 1.29 is 0 Å². The fourth-order valence-corrected chi connectivity index (χ4v) is 2.71. The Hall–Kier alpha value is -1.88. The monoisotopic (exact) mass is 271 g/mol. The molecule has 106 valence electrons. The summed E-state index contributed by atoms with van der Waals surface area (Å²) in [6.07, 6.45) is 7.15. The minimum absolute atomic E-state index is 0.566. The first-order chi connectivity index (χ1) is 9.81. The largest absolute Gasteiger partial charge is 0.382 e. The van der Waals surface area contributed by atoms with Gasteiger partial charge < -0.3 is 10.2 Å². The van der Waals surface area contributed by atoms with E-state index < -0.39 is 0 Å². The van der Waals surface area contributed by atoms with Crippen LogP contribution >= 0.6 is 0 Å². The standard InChI is InChI=1S/C15H21N5/c1-19-8-3-5-13(7-9-19)18-14-4-2-6-15(10-14)20-11-16-17-12-20/h2,4,6,10-13,18H,3,5,7-9H2,1H3. The van der Waals surface area contributed by atoms with Crippen molar-refractivity contribution in [2.24, 2.45) is 0 Å². The molecule has 0 bridgehead atoms. The molecule has 5 nitrogen and oxygen atoms in total. The summed E-state index contributed by atoms with van der Waals surface area (Å²) in [6.45, 7) is 2.38. The molecule has 5 heteroatoms. The first-order valence-electron chi connectivity index (χ1n) is 7.21. The topological polar surface area (TPSA) is 46.0 Å². The molecule has 0 radical (unpaired) electrons. The molecule has 1 aromatic carbocycles. The summed E-state index contributed by atoms with van der Waals surface area (Å²) < 4.78 is 1.92. The smallest absolute Gasteiger partial charge is 0.123 e. The normalized spacial score (nSPS) is 20.6. The molecule has 1 N–H and O–H groups in total. The van der Waals surface area contributed by atoms with Crippen molar-refractivity contribution >= 4 is 5.69 Å². The van der Waals surface area contributed by atoms with Crippen molar-refractivity contribution in [2.75, 3.05) is 25.5 Å². The maximum atomic E-state index is 3.85. The van der Waals surface area contributed by atoms with Gasteiger partial charge in [0.15, 0.2) is 0 Å². The zero-order valence-electron chi connectivity index (χ0n) is 11.9. The lowest BCUT2D eigenvalue weighted by atomic mass is 10.1. The first kappa shape index (κ1) is 13.1. The Kier molecular flexibility index (Phi) is 3.97. The van der Waals surface area contributed by atoms with Gasteiger partial charge >= 0.3 is 0 Å². The maximum absolute atomic E-state index is 3.85. The Bertz CT molecular complexity index is 537. The molecule has 0 saturated carbocycles. The summed E-state index contributed by atoms with van der Waals surface area (Å²) >= 11 is 0. The van der Waals surface area contributed by atoms with Crippen LogP contribution < -0.4 is 5.32 Å². The fourth-order valence-electron chi connectivity index (χ4n) is 2.71. The van der Waals surface area contributed by atoms with E-state index in [0.717, 1.165) is 5.69 Å². The van der Waals surface area contributed by atoms with E-state index in [1.54, 1.807) is 12.7 Å². The summed E-state index contributed by atoms with van der Waals surface area (Å²) in [5, 5.41) is 11.4. The van der Waals surface area contributed by atoms with E-state index in [9.17, 15) is 0 Å². The van der Waals surface area contributed by atoms with Gasteiger partial charge in [-0.25, -0.2) is 0 Å². The van der Waals surface area contributed by atoms with Gasteiger partial charge in [-0.1, -0.05) is 6.07 Å². The molecule has 1 unspecified atom stereocenters. The van der Waals surface area contributed by atoms with Gasteiger partial charge in [0.25, 0.3) is 0 Å². The lowest BCUT2D eigenvalue weighted by molar-refractivity contribution is 0.348. The predicted molar refractivity (Wildman–Crippen MR) is 80.1 cm³/mol. The van der Waals surface area contributed by atoms with Gasteiger partial charge in [-0.05, 0) is 57.6 Å². The summed E-state index contributed by atoms with van der Waals surface area (Å²) in [5.74, 6) is 0. The molecule has 2 heterocycles. The lowest BCUT2D eigenvalue weighted by Gasteiger charge is -2.18. The maximum Gasteiger partial charge on any atom is 0.123 e. The Balaban J connectivity index is 1.70. The molecule has 1 fully saturated rings. The van der Waals surface area contributed by atoms with Crippen LogP contribution in [0.25, 0.3) is 5.69 Å². The van der Waals surface area contributed by atoms with Gasteiger partial charge in [-0.15, -0.1) is 10.2 Å². The molecule has 0 amide bonds. The number of hydrogen-bond acceptors (Lipinski definition) is 4. The van der Waals surface area contributed by atoms with E-state index >= 15 is 0 Å². The van der Waals surface area contributed by atoms with Gasteiger partial charge in [0.05, 0.1) is 5.69 Å². The molecule has 1 aliphatic heterocycles. The van der Waals surface area contributed by atoms with Crippen LogP contribution in [0.15, 0.2) is 36.9 Å². The number of hydrogen-bond donors (Lipinski definition) is 1. The zero-order chi connectivity index (χ0) is 13.8. The number of benzene rings is 1. The van der Waals surface area contributed by atoms with Gasteiger partial charge in [-0.2, -0.15) is 0 Å². The number of aromatic nitrogens is 3. The molecule has 3 rings (SSSR count). The third-order valence-electron chi connectivity index (χ3n) is 3.89. The van der Waals surface area contributed by atoms with Crippen molar-refractivity contribution in [1.29, 1.82) is 0 Å². The van der Waals surface area contributed by atoms with Crippen molar-refractivity contribution in [3.05, 3.63) is 36.9 Å². The molecule has 2 aromatic rings. The summed E-state index contributed by atoms with van der Waals surface area (Å²) in [4.78, 5) is 2.41. The quantitative estimate of drug-likeness (QED) is 0.929. The van der Waals surface area contributed by atoms with E-state index in [0.29, 0.717) is 6.04 Å². The van der Waals surface area contributed by atoms with Crippen molar-refractivity contribution in [2.45, 2.75) is 25.3 Å². The van der Waals surface area contributed by atoms with E-state index in [2.05, 4.69) is 51.7 Å². The summed E-state index contributed by atoms with van der Waals surface area (Å²) in [7, 11) is 2.20. The van der Waals surface area contributed by atoms with Crippen LogP contribution in [0.4, 0.5) is 5.69 Å². The molecule has 1 aliphatic rings. The minimum Gasteiger partial charge on any atom is -0.382 e. The summed E-state index contributed by atoms with van der Waals surface area (Å²) in [5.41, 5.74) is 2.26. The fraction of sp³-hybridized carbons (Fsp3) is 0.467. The highest BCUT2D eigenvalue weighted by Gasteiger charge is 2.14. The van der Waals surface area contributed by atoms with Gasteiger partial charge in [-0.3, -0.25) is 4.57 Å². The first-order valence-corrected chi connectivity index (χ1v) is 7.21. The highest BCUT2D eigenvalue weighted by Crippen LogP contribution is 2.19. The van der Waals surface area contributed by atoms with Crippen LogP contribution in [-0.4, -0.2) is 45.8 Å². The van der Waals surface area contributed by atoms with E-state index in [4.69, 9.17) is 0 Å². The van der Waals surface area contributed by atoms with Gasteiger partial charge in [0, 0.05) is 11.7 Å². The number of rotatable bonds is 3. The molecular formula is C15H21N5. The second-order valence-electron chi connectivity index (χ2n) is 5.49. The van der Waals surface area contributed by atoms with Crippen LogP contribution in [-0.2, 0) is 0 Å². The Morgan fingerprint density at radius 2 is 2.00 bits per heavy atom. The molecular weight excluding hydrogens is 250 g/mol. The molecule has 1 atom stereocenters. The Morgan fingerprint density at radius 3 is 2.85 bits per heavy atom. The molecule has 1 saturated heterocycles. The number of nitrogens with zero attached hydrogens (tertiary/aromatic N) is 4. The lowest BCUT2D eigenvalue weighted by Crippen LogP contribution is -2.23. The number of nitrogens with one attached hydrogen (secondary N) is 1. The number of anilines is 1. The molecule has 1 aromatic heterocycles. The zero-order valence-corrected chi connectivity index (χ0v) is 11.9. The average molecular weight is 271 g/mol. The highest BCUT2D eigenvalue weighted by atomic mass is 15.2. The third-order valence-corrected chi connectivity index (χ3v) is 3.89. The van der Waals surface area contributed by atoms with Crippen molar-refractivity contribution in [3.8, 4) is 5.69 Å². The van der Waals surface area contributed by atoms with Crippen LogP contribution in [0.1, 0.15) is 19.3 Å². The predicted octanol–water partition coefficient (Wildman–Crippen LogP) is 2.16. The van der Waals surface area contributed by atoms with Crippen molar-refractivity contribution in [3.63, 3.8) is 0 Å². The van der Waals surface area contributed by atoms with E-state index in [1.165, 1.54) is 38.0 Å². The second-order valence-corrected chi connectivity index (χ2v) is 5.49. The Morgan fingerprint density at radius 1 is 1.15 bits per heavy atom. The van der Waals surface area contributed by atoms with E-state index in [-0.39, 0.29) is 0 Å². The average Bonchev–Trinajstić information content (AvgIpc) is 2.92. The minimum atomic E-state index is 0.566. The third kappa shape index (κ3) is 3.17. The van der Waals surface area contributed by atoms with E-state index in [1.807, 2.05) is 4.57 Å². The SMILES string of the molecule is CN1CCCC(Nc2cccc(-n3cnnc3)c2)CC1. The molecule has 0 aliphatic carbocycles. The molecule has 0 spiro atoms. The second kappa shape index (κ2) is 6.05. The Labute approximate surface area is 119 Å².